The predicted octanol–water partition coefficient (Wildman–Crippen LogP) is 27.3. The molecule has 0 fully saturated rings. The number of pyridine rings is 1. The third kappa shape index (κ3) is 13.8. The largest absolute Gasteiger partial charge is 0.310 e. The van der Waals surface area contributed by atoms with Gasteiger partial charge in [0.1, 0.15) is 0 Å². The zero-order valence-electron chi connectivity index (χ0n) is 56.4. The van der Waals surface area contributed by atoms with Crippen molar-refractivity contribution < 1.29 is 20.1 Å². The van der Waals surface area contributed by atoms with Crippen molar-refractivity contribution >= 4 is 88.0 Å². The average molecular weight is 1480 g/mol. The Hall–Kier alpha value is -12.6. The van der Waals surface area contributed by atoms with Gasteiger partial charge in [-0.2, -0.15) is 0 Å². The van der Waals surface area contributed by atoms with Gasteiger partial charge < -0.3 is 14.8 Å². The molecule has 18 aromatic rings. The molecule has 0 saturated heterocycles. The summed E-state index contributed by atoms with van der Waals surface area (Å²) in [5.74, 6) is 0. The summed E-state index contributed by atoms with van der Waals surface area (Å²) in [5, 5.41) is 12.7. The number of rotatable bonds is 12. The van der Waals surface area contributed by atoms with Crippen LogP contribution in [0.3, 0.4) is 0 Å². The molecule has 0 N–H and O–H groups in total. The number of anilines is 6. The van der Waals surface area contributed by atoms with Crippen LogP contribution in [-0.4, -0.2) is 4.98 Å². The van der Waals surface area contributed by atoms with E-state index in [2.05, 4.69) is 398 Å². The molecule has 0 atom stereocenters. The molecule has 0 aliphatic rings. The maximum absolute atomic E-state index is 4.32. The van der Waals surface area contributed by atoms with Gasteiger partial charge in [-0.05, 0) is 196 Å². The van der Waals surface area contributed by atoms with E-state index in [0.717, 1.165) is 45.4 Å². The van der Waals surface area contributed by atoms with Gasteiger partial charge in [0, 0.05) is 59.8 Å². The molecule has 1 radical (unpaired) electrons. The normalized spacial score (nSPS) is 10.9. The molecule has 487 valence electrons. The summed E-state index contributed by atoms with van der Waals surface area (Å²) >= 11 is 0. The van der Waals surface area contributed by atoms with Crippen molar-refractivity contribution in [2.24, 2.45) is 0 Å². The minimum atomic E-state index is 0. The summed E-state index contributed by atoms with van der Waals surface area (Å²) in [4.78, 5) is 9.01. The minimum absolute atomic E-state index is 0. The Balaban J connectivity index is 0.000000139. The van der Waals surface area contributed by atoms with Crippen LogP contribution in [0.2, 0.25) is 0 Å². The van der Waals surface area contributed by atoms with E-state index in [9.17, 15) is 0 Å². The summed E-state index contributed by atoms with van der Waals surface area (Å²) in [6, 6.07) is 146. The molecule has 18 rings (SSSR count). The molecule has 1 heterocycles. The Labute approximate surface area is 610 Å². The predicted molar refractivity (Wildman–Crippen MR) is 430 cm³/mol. The molecule has 1 aromatic heterocycles. The summed E-state index contributed by atoms with van der Waals surface area (Å²) in [7, 11) is 0. The molecular formula is C98H70IrN3-. The fourth-order valence-corrected chi connectivity index (χ4v) is 14.1. The van der Waals surface area contributed by atoms with Crippen molar-refractivity contribution in [1.82, 2.24) is 4.98 Å². The first-order chi connectivity index (χ1) is 50.0. The topological polar surface area (TPSA) is 19.4 Å². The summed E-state index contributed by atoms with van der Waals surface area (Å²) < 4.78 is 0. The Bertz CT molecular complexity index is 5680. The Morgan fingerprint density at radius 3 is 1.02 bits per heavy atom. The molecule has 0 spiro atoms. The van der Waals surface area contributed by atoms with Crippen molar-refractivity contribution in [1.29, 1.82) is 0 Å². The zero-order valence-corrected chi connectivity index (χ0v) is 58.8. The molecular weight excluding hydrogens is 1410 g/mol. The van der Waals surface area contributed by atoms with Crippen molar-refractivity contribution in [3.8, 4) is 66.9 Å². The van der Waals surface area contributed by atoms with Crippen molar-refractivity contribution in [2.45, 2.75) is 6.92 Å². The third-order valence-corrected chi connectivity index (χ3v) is 19.1. The second-order valence-electron chi connectivity index (χ2n) is 25.3. The number of hydrogen-bond acceptors (Lipinski definition) is 3. The van der Waals surface area contributed by atoms with Crippen LogP contribution < -0.4 is 9.80 Å². The Morgan fingerprint density at radius 2 is 0.559 bits per heavy atom. The van der Waals surface area contributed by atoms with Crippen LogP contribution in [0, 0.1) is 13.0 Å². The SMILES string of the molecule is Cc1cccnc1-c1[c-]cccc1.[Ir].c1ccc(-c2ccc(-c3cccc(-c4cccc(-c5ccc6c7ccccc7c7ccccc7c6c5)c4)c3)cc2)cc1.c1ccc(N(c2ccc(-c3ccc(N(c4ccccc4)c4cccc5ccccc45)cc3)cc2)c2cccc3ccccc23)cc1. The maximum atomic E-state index is 4.32. The first-order valence-electron chi connectivity index (χ1n) is 34.5. The summed E-state index contributed by atoms with van der Waals surface area (Å²) in [5.41, 5.74) is 22.3. The smallest absolute Gasteiger partial charge is 0.0540 e. The van der Waals surface area contributed by atoms with Crippen LogP contribution in [0.5, 0.6) is 0 Å². The minimum Gasteiger partial charge on any atom is -0.310 e. The van der Waals surface area contributed by atoms with E-state index in [1.807, 2.05) is 36.5 Å². The number of para-hydroxylation sites is 2. The fourth-order valence-electron chi connectivity index (χ4n) is 14.1. The van der Waals surface area contributed by atoms with Crippen molar-refractivity contribution in [3.63, 3.8) is 0 Å². The number of hydrogen-bond donors (Lipinski definition) is 0. The summed E-state index contributed by atoms with van der Waals surface area (Å²) in [6.07, 6.45) is 1.81. The molecule has 102 heavy (non-hydrogen) atoms. The number of fused-ring (bicyclic) bond motifs is 8. The number of aromatic nitrogens is 1. The van der Waals surface area contributed by atoms with Gasteiger partial charge in [0.25, 0.3) is 0 Å². The Kier molecular flexibility index (Phi) is 19.4. The Morgan fingerprint density at radius 1 is 0.235 bits per heavy atom. The second-order valence-corrected chi connectivity index (χ2v) is 25.3. The van der Waals surface area contributed by atoms with E-state index in [4.69, 9.17) is 0 Å². The van der Waals surface area contributed by atoms with Gasteiger partial charge in [0.2, 0.25) is 0 Å². The molecule has 0 amide bonds. The number of benzene rings is 17. The monoisotopic (exact) mass is 1480 g/mol. The van der Waals surface area contributed by atoms with E-state index in [-0.39, 0.29) is 20.1 Å². The maximum Gasteiger partial charge on any atom is 0.0540 e. The second kappa shape index (κ2) is 30.3. The molecule has 0 saturated carbocycles. The first-order valence-corrected chi connectivity index (χ1v) is 34.5. The third-order valence-electron chi connectivity index (χ3n) is 19.1. The fraction of sp³-hybridized carbons (Fsp3) is 0.0102. The van der Waals surface area contributed by atoms with Gasteiger partial charge in [-0.25, -0.2) is 0 Å². The van der Waals surface area contributed by atoms with Crippen molar-refractivity contribution in [2.75, 3.05) is 9.80 Å². The molecule has 3 nitrogen and oxygen atoms in total. The molecule has 17 aromatic carbocycles. The van der Waals surface area contributed by atoms with E-state index >= 15 is 0 Å². The summed E-state index contributed by atoms with van der Waals surface area (Å²) in [6.45, 7) is 2.06. The van der Waals surface area contributed by atoms with Crippen LogP contribution in [0.25, 0.3) is 121 Å². The van der Waals surface area contributed by atoms with Gasteiger partial charge in [0.05, 0.1) is 11.4 Å². The van der Waals surface area contributed by atoms with Crippen LogP contribution in [0.15, 0.2) is 407 Å². The standard InChI is InChI=1S/C44H32N2.C42H28.C12H10N.Ir/c1-3-17-37(18-4-1)45(43-23-11-15-35-13-7-9-21-41(35)43)39-29-25-33(26-30-39)34-27-31-40(32-28-34)46(38-19-5-2-6-20-38)44-24-12-16-36-14-8-10-22-42(36)44;1-2-10-29(11-3-1)30-20-22-31(23-21-30)32-12-8-13-33(26-32)34-14-9-15-35(27-34)36-24-25-41-39-18-5-4-16-37(39)38-17-6-7-19-40(38)42(41)28-36;1-10-6-5-9-13-12(10)11-7-3-2-4-8-11;/h1-32H;1-28H;2-7,9H,1H3;/q;;-1;. The molecule has 0 bridgehead atoms. The van der Waals surface area contributed by atoms with E-state index in [1.165, 1.54) is 115 Å². The van der Waals surface area contributed by atoms with Gasteiger partial charge in [0.15, 0.2) is 0 Å². The van der Waals surface area contributed by atoms with Gasteiger partial charge >= 0.3 is 0 Å². The van der Waals surface area contributed by atoms with Crippen LogP contribution in [0.1, 0.15) is 5.56 Å². The van der Waals surface area contributed by atoms with E-state index in [1.54, 1.807) is 0 Å². The molecule has 0 aliphatic heterocycles. The van der Waals surface area contributed by atoms with Gasteiger partial charge in [-0.15, -0.1) is 35.9 Å². The van der Waals surface area contributed by atoms with Crippen LogP contribution >= 0.6 is 0 Å². The van der Waals surface area contributed by atoms with Gasteiger partial charge in [-0.1, -0.05) is 297 Å². The van der Waals surface area contributed by atoms with E-state index in [0.29, 0.717) is 0 Å². The van der Waals surface area contributed by atoms with E-state index < -0.39 is 0 Å². The average Bonchev–Trinajstić information content (AvgIpc) is 0.754. The molecule has 0 unspecified atom stereocenters. The zero-order chi connectivity index (χ0) is 67.7. The number of aryl methyl sites for hydroxylation is 1. The quantitative estimate of drug-likeness (QED) is 0.0898. The molecule has 0 aliphatic carbocycles. The van der Waals surface area contributed by atoms with Crippen LogP contribution in [0.4, 0.5) is 34.1 Å². The van der Waals surface area contributed by atoms with Gasteiger partial charge in [-0.3, -0.25) is 0 Å². The van der Waals surface area contributed by atoms with Crippen LogP contribution in [-0.2, 0) is 20.1 Å². The molecule has 4 heteroatoms. The number of nitrogens with zero attached hydrogens (tertiary/aromatic N) is 3. The first kappa shape index (κ1) is 65.4. The van der Waals surface area contributed by atoms with Crippen molar-refractivity contribution in [3.05, 3.63) is 418 Å².